The van der Waals surface area contributed by atoms with E-state index in [9.17, 15) is 4.79 Å². The molecule has 0 aliphatic rings. The summed E-state index contributed by atoms with van der Waals surface area (Å²) >= 11 is 0. The van der Waals surface area contributed by atoms with E-state index >= 15 is 0 Å². The molecular formula is C16H22O. The SMILES string of the molecule is CC(=CCCc1ccccc1)CCCCC=O. The zero-order chi connectivity index (χ0) is 12.3. The van der Waals surface area contributed by atoms with Gasteiger partial charge >= 0.3 is 0 Å². The van der Waals surface area contributed by atoms with Crippen molar-refractivity contribution in [2.75, 3.05) is 0 Å². The van der Waals surface area contributed by atoms with Crippen LogP contribution in [0.3, 0.4) is 0 Å². The average molecular weight is 230 g/mol. The molecule has 0 heterocycles. The monoisotopic (exact) mass is 230 g/mol. The average Bonchev–Trinajstić information content (AvgIpc) is 2.36. The third kappa shape index (κ3) is 6.72. The minimum Gasteiger partial charge on any atom is -0.303 e. The molecule has 1 heteroatoms. The fourth-order valence-electron chi connectivity index (χ4n) is 1.86. The number of aryl methyl sites for hydroxylation is 1. The highest BCUT2D eigenvalue weighted by atomic mass is 16.1. The highest BCUT2D eigenvalue weighted by molar-refractivity contribution is 5.48. The van der Waals surface area contributed by atoms with Crippen LogP contribution in [-0.2, 0) is 11.2 Å². The second kappa shape index (κ2) is 8.74. The van der Waals surface area contributed by atoms with Gasteiger partial charge in [-0.2, -0.15) is 0 Å². The normalized spacial score (nSPS) is 11.5. The maximum absolute atomic E-state index is 10.2. The van der Waals surface area contributed by atoms with Crippen LogP contribution in [-0.4, -0.2) is 6.29 Å². The van der Waals surface area contributed by atoms with E-state index in [4.69, 9.17) is 0 Å². The molecule has 0 saturated heterocycles. The first-order chi connectivity index (χ1) is 8.33. The number of hydrogen-bond acceptors (Lipinski definition) is 1. The number of unbranched alkanes of at least 4 members (excludes halogenated alkanes) is 2. The van der Waals surface area contributed by atoms with E-state index in [2.05, 4.69) is 43.3 Å². The molecule has 0 radical (unpaired) electrons. The van der Waals surface area contributed by atoms with Crippen molar-refractivity contribution >= 4 is 6.29 Å². The summed E-state index contributed by atoms with van der Waals surface area (Å²) < 4.78 is 0. The lowest BCUT2D eigenvalue weighted by atomic mass is 10.1. The van der Waals surface area contributed by atoms with Crippen molar-refractivity contribution in [1.29, 1.82) is 0 Å². The minimum absolute atomic E-state index is 0.706. The number of aldehydes is 1. The Balaban J connectivity index is 2.17. The highest BCUT2D eigenvalue weighted by Crippen LogP contribution is 2.10. The Morgan fingerprint density at radius 2 is 1.88 bits per heavy atom. The summed E-state index contributed by atoms with van der Waals surface area (Å²) in [6.07, 6.45) is 9.55. The predicted octanol–water partition coefficient (Wildman–Crippen LogP) is 4.32. The van der Waals surface area contributed by atoms with Crippen LogP contribution in [0.15, 0.2) is 42.0 Å². The van der Waals surface area contributed by atoms with Gasteiger partial charge in [0.1, 0.15) is 6.29 Å². The van der Waals surface area contributed by atoms with Crippen LogP contribution in [0.1, 0.15) is 44.6 Å². The van der Waals surface area contributed by atoms with Gasteiger partial charge in [-0.3, -0.25) is 0 Å². The van der Waals surface area contributed by atoms with E-state index in [1.54, 1.807) is 0 Å². The lowest BCUT2D eigenvalue weighted by molar-refractivity contribution is -0.107. The third-order valence-electron chi connectivity index (χ3n) is 2.91. The molecule has 0 bridgehead atoms. The van der Waals surface area contributed by atoms with Crippen molar-refractivity contribution in [3.63, 3.8) is 0 Å². The molecule has 0 fully saturated rings. The molecule has 0 spiro atoms. The number of hydrogen-bond donors (Lipinski definition) is 0. The van der Waals surface area contributed by atoms with Gasteiger partial charge in [-0.05, 0) is 44.6 Å². The third-order valence-corrected chi connectivity index (χ3v) is 2.91. The number of benzene rings is 1. The Labute approximate surface area is 105 Å². The van der Waals surface area contributed by atoms with Gasteiger partial charge in [0.05, 0.1) is 0 Å². The van der Waals surface area contributed by atoms with Gasteiger partial charge in [-0.1, -0.05) is 42.0 Å². The Morgan fingerprint density at radius 1 is 1.12 bits per heavy atom. The molecule has 0 atom stereocenters. The lowest BCUT2D eigenvalue weighted by Gasteiger charge is -2.01. The van der Waals surface area contributed by atoms with E-state index in [-0.39, 0.29) is 0 Å². The summed E-state index contributed by atoms with van der Waals surface area (Å²) in [6, 6.07) is 10.6. The summed E-state index contributed by atoms with van der Waals surface area (Å²) in [5.41, 5.74) is 2.85. The number of carbonyl (C=O) groups is 1. The number of allylic oxidation sites excluding steroid dienone is 2. The van der Waals surface area contributed by atoms with Crippen molar-refractivity contribution in [3.05, 3.63) is 47.5 Å². The largest absolute Gasteiger partial charge is 0.303 e. The fourth-order valence-corrected chi connectivity index (χ4v) is 1.86. The molecule has 0 aromatic heterocycles. The zero-order valence-corrected chi connectivity index (χ0v) is 10.7. The van der Waals surface area contributed by atoms with E-state index in [1.165, 1.54) is 11.1 Å². The number of carbonyl (C=O) groups excluding carboxylic acids is 1. The van der Waals surface area contributed by atoms with E-state index in [0.29, 0.717) is 6.42 Å². The first-order valence-electron chi connectivity index (χ1n) is 6.46. The van der Waals surface area contributed by atoms with Gasteiger partial charge in [0.25, 0.3) is 0 Å². The molecule has 0 saturated carbocycles. The predicted molar refractivity (Wildman–Crippen MR) is 73.1 cm³/mol. The summed E-state index contributed by atoms with van der Waals surface area (Å²) in [7, 11) is 0. The molecule has 92 valence electrons. The van der Waals surface area contributed by atoms with Gasteiger partial charge in [0.2, 0.25) is 0 Å². The smallest absolute Gasteiger partial charge is 0.119 e. The van der Waals surface area contributed by atoms with Crippen molar-refractivity contribution in [3.8, 4) is 0 Å². The van der Waals surface area contributed by atoms with Crippen LogP contribution in [0.4, 0.5) is 0 Å². The molecule has 1 aromatic carbocycles. The second-order valence-electron chi connectivity index (χ2n) is 4.49. The lowest BCUT2D eigenvalue weighted by Crippen LogP contribution is -1.85. The standard InChI is InChI=1S/C16H22O/c1-15(9-4-3-7-14-17)10-8-13-16-11-5-2-6-12-16/h2,5-6,10-12,14H,3-4,7-9,13H2,1H3. The quantitative estimate of drug-likeness (QED) is 0.369. The van der Waals surface area contributed by atoms with E-state index in [1.807, 2.05) is 0 Å². The van der Waals surface area contributed by atoms with Gasteiger partial charge in [0.15, 0.2) is 0 Å². The molecule has 0 unspecified atom stereocenters. The highest BCUT2D eigenvalue weighted by Gasteiger charge is 1.93. The first kappa shape index (κ1) is 13.7. The summed E-state index contributed by atoms with van der Waals surface area (Å²) in [5.74, 6) is 0. The molecule has 0 N–H and O–H groups in total. The molecule has 0 amide bonds. The van der Waals surface area contributed by atoms with E-state index < -0.39 is 0 Å². The minimum atomic E-state index is 0.706. The topological polar surface area (TPSA) is 17.1 Å². The van der Waals surface area contributed by atoms with Gasteiger partial charge in [0, 0.05) is 6.42 Å². The molecule has 17 heavy (non-hydrogen) atoms. The van der Waals surface area contributed by atoms with Crippen molar-refractivity contribution in [2.45, 2.75) is 45.4 Å². The Hall–Kier alpha value is -1.37. The molecule has 1 aromatic rings. The molecule has 0 aliphatic heterocycles. The molecule has 1 nitrogen and oxygen atoms in total. The fraction of sp³-hybridized carbons (Fsp3) is 0.438. The zero-order valence-electron chi connectivity index (χ0n) is 10.7. The summed E-state index contributed by atoms with van der Waals surface area (Å²) in [6.45, 7) is 2.19. The Kier molecular flexibility index (Phi) is 7.04. The van der Waals surface area contributed by atoms with Crippen molar-refractivity contribution < 1.29 is 4.79 Å². The maximum Gasteiger partial charge on any atom is 0.119 e. The van der Waals surface area contributed by atoms with Crippen LogP contribution >= 0.6 is 0 Å². The van der Waals surface area contributed by atoms with Gasteiger partial charge in [-0.15, -0.1) is 0 Å². The van der Waals surface area contributed by atoms with Gasteiger partial charge < -0.3 is 4.79 Å². The summed E-state index contributed by atoms with van der Waals surface area (Å²) in [4.78, 5) is 10.2. The van der Waals surface area contributed by atoms with Crippen LogP contribution in [0.25, 0.3) is 0 Å². The molecule has 0 aliphatic carbocycles. The Bertz CT molecular complexity index is 338. The Morgan fingerprint density at radius 3 is 2.59 bits per heavy atom. The first-order valence-corrected chi connectivity index (χ1v) is 6.46. The maximum atomic E-state index is 10.2. The second-order valence-corrected chi connectivity index (χ2v) is 4.49. The van der Waals surface area contributed by atoms with Crippen LogP contribution in [0, 0.1) is 0 Å². The van der Waals surface area contributed by atoms with Crippen molar-refractivity contribution in [2.24, 2.45) is 0 Å². The van der Waals surface area contributed by atoms with E-state index in [0.717, 1.165) is 38.4 Å². The number of rotatable bonds is 8. The van der Waals surface area contributed by atoms with Gasteiger partial charge in [-0.25, -0.2) is 0 Å². The molecular weight excluding hydrogens is 208 g/mol. The molecule has 1 rings (SSSR count). The van der Waals surface area contributed by atoms with Crippen LogP contribution < -0.4 is 0 Å². The van der Waals surface area contributed by atoms with Crippen molar-refractivity contribution in [1.82, 2.24) is 0 Å². The van der Waals surface area contributed by atoms with Crippen LogP contribution in [0.5, 0.6) is 0 Å². The van der Waals surface area contributed by atoms with Crippen LogP contribution in [0.2, 0.25) is 0 Å². The summed E-state index contributed by atoms with van der Waals surface area (Å²) in [5, 5.41) is 0.